The van der Waals surface area contributed by atoms with Gasteiger partial charge in [0.1, 0.15) is 5.60 Å². The second-order valence-electron chi connectivity index (χ2n) is 11.1. The number of piperidine rings is 2. The Bertz CT molecular complexity index is 878. The molecule has 1 N–H and O–H groups in total. The van der Waals surface area contributed by atoms with Crippen LogP contribution < -0.4 is 5.32 Å². The number of likely N-dealkylation sites (tertiary alicyclic amines) is 1. The van der Waals surface area contributed by atoms with Crippen molar-refractivity contribution in [2.24, 2.45) is 11.8 Å². The summed E-state index contributed by atoms with van der Waals surface area (Å²) in [5, 5.41) is 3.37. The van der Waals surface area contributed by atoms with E-state index in [2.05, 4.69) is 41.7 Å². The van der Waals surface area contributed by atoms with Crippen LogP contribution in [0.5, 0.6) is 0 Å². The summed E-state index contributed by atoms with van der Waals surface area (Å²) in [6.45, 7) is 12.6. The quantitative estimate of drug-likeness (QED) is 0.411. The number of amides is 1. The van der Waals surface area contributed by atoms with E-state index in [0.29, 0.717) is 12.5 Å². The van der Waals surface area contributed by atoms with Gasteiger partial charge in [0, 0.05) is 26.3 Å². The van der Waals surface area contributed by atoms with E-state index in [1.807, 2.05) is 45.0 Å². The number of halogens is 1. The summed E-state index contributed by atoms with van der Waals surface area (Å²) in [7, 11) is 0. The number of benzene rings is 2. The summed E-state index contributed by atoms with van der Waals surface area (Å²) in [5.41, 5.74) is 2.05. The molecule has 4 rings (SSSR count). The molecule has 38 heavy (non-hydrogen) atoms. The van der Waals surface area contributed by atoms with Crippen molar-refractivity contribution >= 4 is 18.5 Å². The molecule has 2 aromatic rings. The predicted molar refractivity (Wildman–Crippen MR) is 156 cm³/mol. The van der Waals surface area contributed by atoms with Crippen molar-refractivity contribution in [1.29, 1.82) is 0 Å². The molecule has 1 amide bonds. The highest BCUT2D eigenvalue weighted by molar-refractivity contribution is 5.85. The fraction of sp³-hybridized carbons (Fsp3) is 0.581. The van der Waals surface area contributed by atoms with Crippen molar-refractivity contribution in [1.82, 2.24) is 10.2 Å². The maximum Gasteiger partial charge on any atom is 0.410 e. The first-order valence-corrected chi connectivity index (χ1v) is 13.8. The molecule has 2 saturated heterocycles. The third-order valence-electron chi connectivity index (χ3n) is 6.66. The van der Waals surface area contributed by atoms with Gasteiger partial charge in [0.25, 0.3) is 0 Å². The van der Waals surface area contributed by atoms with E-state index < -0.39 is 5.60 Å². The van der Waals surface area contributed by atoms with Crippen LogP contribution in [0.4, 0.5) is 4.79 Å². The lowest BCUT2D eigenvalue weighted by atomic mass is 9.98. The molecule has 2 aliphatic heterocycles. The van der Waals surface area contributed by atoms with Crippen LogP contribution in [0, 0.1) is 11.8 Å². The minimum atomic E-state index is -0.424. The summed E-state index contributed by atoms with van der Waals surface area (Å²) < 4.78 is 16.9. The molecular formula is C31H47ClN2O4. The molecule has 212 valence electrons. The maximum absolute atomic E-state index is 12.0. The largest absolute Gasteiger partial charge is 0.444 e. The van der Waals surface area contributed by atoms with Crippen molar-refractivity contribution in [3.05, 3.63) is 71.8 Å². The first-order chi connectivity index (χ1) is 17.9. The zero-order chi connectivity index (χ0) is 26.3. The summed E-state index contributed by atoms with van der Waals surface area (Å²) in [4.78, 5) is 13.8. The number of nitrogens with zero attached hydrogens (tertiary/aromatic N) is 1. The Morgan fingerprint density at radius 2 is 1.24 bits per heavy atom. The van der Waals surface area contributed by atoms with Crippen LogP contribution in [0.15, 0.2) is 60.7 Å². The Kier molecular flexibility index (Phi) is 14.8. The fourth-order valence-corrected chi connectivity index (χ4v) is 4.49. The highest BCUT2D eigenvalue weighted by Gasteiger charge is 2.26. The van der Waals surface area contributed by atoms with Crippen LogP contribution in [-0.2, 0) is 27.4 Å². The van der Waals surface area contributed by atoms with Gasteiger partial charge in [0.05, 0.1) is 13.2 Å². The Morgan fingerprint density at radius 3 is 1.68 bits per heavy atom. The van der Waals surface area contributed by atoms with Crippen molar-refractivity contribution in [2.45, 2.75) is 65.3 Å². The summed E-state index contributed by atoms with van der Waals surface area (Å²) in [5.74, 6) is 1.29. The second kappa shape index (κ2) is 17.5. The van der Waals surface area contributed by atoms with Crippen LogP contribution in [0.1, 0.15) is 57.6 Å². The summed E-state index contributed by atoms with van der Waals surface area (Å²) in [6, 6.07) is 20.6. The van der Waals surface area contributed by atoms with Crippen LogP contribution in [0.3, 0.4) is 0 Å². The van der Waals surface area contributed by atoms with Gasteiger partial charge in [-0.3, -0.25) is 0 Å². The van der Waals surface area contributed by atoms with Crippen molar-refractivity contribution < 1.29 is 19.0 Å². The van der Waals surface area contributed by atoms with Gasteiger partial charge in [0.2, 0.25) is 0 Å². The molecule has 6 nitrogen and oxygen atoms in total. The van der Waals surface area contributed by atoms with E-state index in [1.54, 1.807) is 4.90 Å². The van der Waals surface area contributed by atoms with Gasteiger partial charge in [0.15, 0.2) is 0 Å². The highest BCUT2D eigenvalue weighted by atomic mass is 35.5. The Labute approximate surface area is 235 Å². The first-order valence-electron chi connectivity index (χ1n) is 13.8. The van der Waals surface area contributed by atoms with E-state index >= 15 is 0 Å². The molecule has 2 aliphatic rings. The lowest BCUT2D eigenvalue weighted by Crippen LogP contribution is -2.42. The minimum absolute atomic E-state index is 0. The van der Waals surface area contributed by atoms with Gasteiger partial charge in [-0.2, -0.15) is 0 Å². The molecule has 2 heterocycles. The summed E-state index contributed by atoms with van der Waals surface area (Å²) >= 11 is 0. The topological polar surface area (TPSA) is 60.0 Å². The zero-order valence-electron chi connectivity index (χ0n) is 23.4. The number of carbonyl (C=O) groups excluding carboxylic acids is 1. The number of ether oxygens (including phenoxy) is 3. The molecule has 0 radical (unpaired) electrons. The molecule has 0 aromatic heterocycles. The lowest BCUT2D eigenvalue weighted by molar-refractivity contribution is 0.0105. The van der Waals surface area contributed by atoms with E-state index in [4.69, 9.17) is 14.2 Å². The van der Waals surface area contributed by atoms with Gasteiger partial charge in [-0.25, -0.2) is 4.79 Å². The molecule has 0 bridgehead atoms. The average Bonchev–Trinajstić information content (AvgIpc) is 2.90. The SMILES string of the molecule is CC(C)(C)OC(=O)N1CCC(COCc2ccccc2)CC1.Cl.c1ccc(COCC2CCNCC2)cc1. The second-order valence-corrected chi connectivity index (χ2v) is 11.1. The van der Waals surface area contributed by atoms with Crippen molar-refractivity contribution in [3.8, 4) is 0 Å². The van der Waals surface area contributed by atoms with E-state index in [9.17, 15) is 4.79 Å². The van der Waals surface area contributed by atoms with Crippen molar-refractivity contribution in [2.75, 3.05) is 39.4 Å². The smallest absolute Gasteiger partial charge is 0.410 e. The number of rotatable bonds is 8. The molecule has 0 aliphatic carbocycles. The van der Waals surface area contributed by atoms with E-state index in [0.717, 1.165) is 64.8 Å². The predicted octanol–water partition coefficient (Wildman–Crippen LogP) is 6.47. The Morgan fingerprint density at radius 1 is 0.789 bits per heavy atom. The maximum atomic E-state index is 12.0. The van der Waals surface area contributed by atoms with Crippen LogP contribution >= 0.6 is 12.4 Å². The Balaban J connectivity index is 0.000000277. The van der Waals surface area contributed by atoms with Gasteiger partial charge in [-0.15, -0.1) is 12.4 Å². The Hall–Kier alpha value is -2.12. The third kappa shape index (κ3) is 13.1. The summed E-state index contributed by atoms with van der Waals surface area (Å²) in [6.07, 6.45) is 4.28. The van der Waals surface area contributed by atoms with Crippen molar-refractivity contribution in [3.63, 3.8) is 0 Å². The van der Waals surface area contributed by atoms with Crippen LogP contribution in [0.2, 0.25) is 0 Å². The molecular weight excluding hydrogens is 500 g/mol. The number of carbonyl (C=O) groups is 1. The van der Waals surface area contributed by atoms with E-state index in [-0.39, 0.29) is 18.5 Å². The van der Waals surface area contributed by atoms with Gasteiger partial charge < -0.3 is 24.4 Å². The highest BCUT2D eigenvalue weighted by Crippen LogP contribution is 2.20. The molecule has 0 unspecified atom stereocenters. The number of nitrogens with one attached hydrogen (secondary N) is 1. The molecule has 0 saturated carbocycles. The van der Waals surface area contributed by atoms with Crippen LogP contribution in [0.25, 0.3) is 0 Å². The molecule has 2 fully saturated rings. The van der Waals surface area contributed by atoms with Gasteiger partial charge >= 0.3 is 6.09 Å². The standard InChI is InChI=1S/C18H27NO3.C13H19NO.ClH/c1-18(2,3)22-17(20)19-11-9-16(10-12-19)14-21-13-15-7-5-4-6-8-15;1-2-4-12(5-3-1)10-15-11-13-6-8-14-9-7-13;/h4-8,16H,9-14H2,1-3H3;1-5,13-14H,6-11H2;1H. The normalized spacial score (nSPS) is 16.7. The molecule has 0 atom stereocenters. The average molecular weight is 547 g/mol. The first kappa shape index (κ1) is 32.1. The molecule has 7 heteroatoms. The van der Waals surface area contributed by atoms with Gasteiger partial charge in [-0.05, 0) is 82.5 Å². The lowest BCUT2D eigenvalue weighted by Gasteiger charge is -2.33. The zero-order valence-corrected chi connectivity index (χ0v) is 24.2. The minimum Gasteiger partial charge on any atom is -0.444 e. The fourth-order valence-electron chi connectivity index (χ4n) is 4.49. The molecule has 2 aromatic carbocycles. The van der Waals surface area contributed by atoms with Gasteiger partial charge in [-0.1, -0.05) is 60.7 Å². The number of hydrogen-bond acceptors (Lipinski definition) is 5. The van der Waals surface area contributed by atoms with E-state index in [1.165, 1.54) is 24.0 Å². The molecule has 0 spiro atoms. The monoisotopic (exact) mass is 546 g/mol. The van der Waals surface area contributed by atoms with Crippen LogP contribution in [-0.4, -0.2) is 56.0 Å². The third-order valence-corrected chi connectivity index (χ3v) is 6.66. The number of hydrogen-bond donors (Lipinski definition) is 1.